The molecule has 4 heteroatoms. The fraction of sp³-hybridized carbons (Fsp3) is 0.886. The van der Waals surface area contributed by atoms with E-state index in [1.54, 1.807) is 6.08 Å². The third-order valence-corrected chi connectivity index (χ3v) is 9.93. The van der Waals surface area contributed by atoms with Gasteiger partial charge in [-0.1, -0.05) is 205 Å². The van der Waals surface area contributed by atoms with E-state index in [0.29, 0.717) is 6.42 Å². The number of hydrogen-bond donors (Lipinski definition) is 3. The molecule has 0 saturated heterocycles. The molecule has 0 aliphatic carbocycles. The molecule has 3 N–H and O–H groups in total. The molecule has 4 nitrogen and oxygen atoms in total. The van der Waals surface area contributed by atoms with Crippen molar-refractivity contribution < 1.29 is 15.0 Å². The van der Waals surface area contributed by atoms with Gasteiger partial charge in [-0.25, -0.2) is 0 Å². The Morgan fingerprint density at radius 1 is 0.479 bits per heavy atom. The first kappa shape index (κ1) is 46.9. The lowest BCUT2D eigenvalue weighted by molar-refractivity contribution is -0.123. The second kappa shape index (κ2) is 40.3. The molecule has 0 rings (SSSR count). The van der Waals surface area contributed by atoms with Crippen LogP contribution in [0.4, 0.5) is 0 Å². The van der Waals surface area contributed by atoms with Crippen LogP contribution in [0.1, 0.15) is 232 Å². The van der Waals surface area contributed by atoms with E-state index in [1.165, 1.54) is 186 Å². The van der Waals surface area contributed by atoms with E-state index < -0.39 is 12.1 Å². The van der Waals surface area contributed by atoms with Gasteiger partial charge in [-0.3, -0.25) is 4.79 Å². The Hall–Kier alpha value is -1.13. The highest BCUT2D eigenvalue weighted by Crippen LogP contribution is 2.15. The van der Waals surface area contributed by atoms with E-state index in [-0.39, 0.29) is 12.5 Å². The van der Waals surface area contributed by atoms with Gasteiger partial charge in [0.05, 0.1) is 18.8 Å². The standard InChI is InChI=1S/C44H85NO3/c1-3-5-7-9-11-13-15-17-19-20-21-22-23-24-25-26-28-30-32-34-36-38-40-44(48)45-42(41-46)43(47)39-37-35-33-31-29-27-18-16-14-12-10-8-6-4-2/h23-24,37,39,42-43,46-47H,3-22,25-36,38,40-41H2,1-2H3,(H,45,48)/b24-23-,39-37+. The summed E-state index contributed by atoms with van der Waals surface area (Å²) in [5.41, 5.74) is 0. The van der Waals surface area contributed by atoms with Crippen LogP contribution in [0, 0.1) is 0 Å². The first-order valence-electron chi connectivity index (χ1n) is 21.6. The van der Waals surface area contributed by atoms with Gasteiger partial charge in [-0.15, -0.1) is 0 Å². The summed E-state index contributed by atoms with van der Waals surface area (Å²) in [7, 11) is 0. The maximum absolute atomic E-state index is 12.4. The second-order valence-corrected chi connectivity index (χ2v) is 14.8. The van der Waals surface area contributed by atoms with Crippen molar-refractivity contribution in [2.45, 2.75) is 244 Å². The van der Waals surface area contributed by atoms with Crippen molar-refractivity contribution in [1.82, 2.24) is 5.32 Å². The second-order valence-electron chi connectivity index (χ2n) is 14.8. The summed E-state index contributed by atoms with van der Waals surface area (Å²) in [6.07, 6.45) is 51.4. The molecular weight excluding hydrogens is 590 g/mol. The van der Waals surface area contributed by atoms with Crippen molar-refractivity contribution in [2.75, 3.05) is 6.61 Å². The summed E-state index contributed by atoms with van der Waals surface area (Å²) in [5, 5.41) is 23.0. The minimum Gasteiger partial charge on any atom is -0.394 e. The van der Waals surface area contributed by atoms with Gasteiger partial charge in [-0.2, -0.15) is 0 Å². The predicted molar refractivity (Wildman–Crippen MR) is 212 cm³/mol. The van der Waals surface area contributed by atoms with Crippen molar-refractivity contribution in [3.05, 3.63) is 24.3 Å². The lowest BCUT2D eigenvalue weighted by Gasteiger charge is -2.20. The highest BCUT2D eigenvalue weighted by Gasteiger charge is 2.17. The zero-order valence-electron chi connectivity index (χ0n) is 32.5. The van der Waals surface area contributed by atoms with Gasteiger partial charge in [-0.05, 0) is 44.9 Å². The fourth-order valence-corrected chi connectivity index (χ4v) is 6.58. The van der Waals surface area contributed by atoms with Gasteiger partial charge in [0.25, 0.3) is 0 Å². The number of carbonyl (C=O) groups is 1. The zero-order chi connectivity index (χ0) is 35.0. The Labute approximate surface area is 300 Å². The van der Waals surface area contributed by atoms with Crippen molar-refractivity contribution in [1.29, 1.82) is 0 Å². The third kappa shape index (κ3) is 36.2. The minimum atomic E-state index is -0.837. The van der Waals surface area contributed by atoms with E-state index in [2.05, 4.69) is 31.3 Å². The Bertz CT molecular complexity index is 691. The summed E-state index contributed by atoms with van der Waals surface area (Å²) in [6, 6.07) is -0.621. The molecule has 0 spiro atoms. The summed E-state index contributed by atoms with van der Waals surface area (Å²) in [4.78, 5) is 12.4. The lowest BCUT2D eigenvalue weighted by atomic mass is 10.0. The summed E-state index contributed by atoms with van der Waals surface area (Å²) >= 11 is 0. The number of nitrogens with one attached hydrogen (secondary N) is 1. The average molecular weight is 676 g/mol. The number of carbonyl (C=O) groups excluding carboxylic acids is 1. The molecule has 0 radical (unpaired) electrons. The molecule has 0 aromatic carbocycles. The quantitative estimate of drug-likeness (QED) is 0.0448. The van der Waals surface area contributed by atoms with Crippen molar-refractivity contribution in [3.8, 4) is 0 Å². The molecule has 0 bridgehead atoms. The average Bonchev–Trinajstić information content (AvgIpc) is 3.09. The molecule has 0 fully saturated rings. The molecule has 0 saturated carbocycles. The summed E-state index contributed by atoms with van der Waals surface area (Å²) in [5.74, 6) is -0.0672. The Morgan fingerprint density at radius 2 is 0.792 bits per heavy atom. The highest BCUT2D eigenvalue weighted by atomic mass is 16.3. The molecule has 0 aromatic heterocycles. The number of rotatable bonds is 39. The number of aliphatic hydroxyl groups is 2. The lowest BCUT2D eigenvalue weighted by Crippen LogP contribution is -2.45. The van der Waals surface area contributed by atoms with Gasteiger partial charge in [0.15, 0.2) is 0 Å². The topological polar surface area (TPSA) is 69.6 Å². The Balaban J connectivity index is 3.55. The SMILES string of the molecule is CCCCCCCCCCCCC/C=C\CCCCCCCCCC(=O)NC(CO)C(O)/C=C/CCCCCCCCCCCCCC. The maximum atomic E-state index is 12.4. The molecule has 0 heterocycles. The van der Waals surface area contributed by atoms with E-state index >= 15 is 0 Å². The van der Waals surface area contributed by atoms with E-state index in [1.807, 2.05) is 6.08 Å². The van der Waals surface area contributed by atoms with Gasteiger partial charge < -0.3 is 15.5 Å². The number of amides is 1. The van der Waals surface area contributed by atoms with Gasteiger partial charge in [0.1, 0.15) is 0 Å². The highest BCUT2D eigenvalue weighted by molar-refractivity contribution is 5.76. The first-order chi connectivity index (χ1) is 23.7. The largest absolute Gasteiger partial charge is 0.394 e. The zero-order valence-corrected chi connectivity index (χ0v) is 32.5. The normalized spacial score (nSPS) is 13.2. The monoisotopic (exact) mass is 676 g/mol. The van der Waals surface area contributed by atoms with Crippen LogP contribution in [0.2, 0.25) is 0 Å². The molecule has 0 aliphatic rings. The smallest absolute Gasteiger partial charge is 0.220 e. The van der Waals surface area contributed by atoms with Crippen LogP contribution in [-0.4, -0.2) is 34.9 Å². The molecule has 0 aromatic rings. The number of unbranched alkanes of at least 4 members (excludes halogenated alkanes) is 30. The van der Waals surface area contributed by atoms with Crippen molar-refractivity contribution in [3.63, 3.8) is 0 Å². The molecule has 284 valence electrons. The minimum absolute atomic E-state index is 0.0672. The van der Waals surface area contributed by atoms with Crippen LogP contribution in [0.15, 0.2) is 24.3 Å². The number of hydrogen-bond acceptors (Lipinski definition) is 3. The Morgan fingerprint density at radius 3 is 1.15 bits per heavy atom. The summed E-state index contributed by atoms with van der Waals surface area (Å²) < 4.78 is 0. The molecule has 1 amide bonds. The molecule has 2 unspecified atom stereocenters. The van der Waals surface area contributed by atoms with Gasteiger partial charge in [0.2, 0.25) is 5.91 Å². The third-order valence-electron chi connectivity index (χ3n) is 9.93. The predicted octanol–water partition coefficient (Wildman–Crippen LogP) is 13.2. The maximum Gasteiger partial charge on any atom is 0.220 e. The van der Waals surface area contributed by atoms with Crippen LogP contribution in [-0.2, 0) is 4.79 Å². The van der Waals surface area contributed by atoms with E-state index in [0.717, 1.165) is 25.7 Å². The molecule has 48 heavy (non-hydrogen) atoms. The molecule has 2 atom stereocenters. The van der Waals surface area contributed by atoms with Crippen molar-refractivity contribution >= 4 is 5.91 Å². The van der Waals surface area contributed by atoms with Crippen LogP contribution >= 0.6 is 0 Å². The Kier molecular flexibility index (Phi) is 39.4. The fourth-order valence-electron chi connectivity index (χ4n) is 6.58. The summed E-state index contributed by atoms with van der Waals surface area (Å²) in [6.45, 7) is 4.31. The molecular formula is C44H85NO3. The van der Waals surface area contributed by atoms with Crippen LogP contribution < -0.4 is 5.32 Å². The van der Waals surface area contributed by atoms with Crippen LogP contribution in [0.5, 0.6) is 0 Å². The van der Waals surface area contributed by atoms with Gasteiger partial charge >= 0.3 is 0 Å². The molecule has 0 aliphatic heterocycles. The van der Waals surface area contributed by atoms with Gasteiger partial charge in [0, 0.05) is 6.42 Å². The number of aliphatic hydroxyl groups excluding tert-OH is 2. The van der Waals surface area contributed by atoms with Crippen LogP contribution in [0.3, 0.4) is 0 Å². The number of allylic oxidation sites excluding steroid dienone is 3. The van der Waals surface area contributed by atoms with Crippen LogP contribution in [0.25, 0.3) is 0 Å². The van der Waals surface area contributed by atoms with E-state index in [4.69, 9.17) is 0 Å². The van der Waals surface area contributed by atoms with E-state index in [9.17, 15) is 15.0 Å². The van der Waals surface area contributed by atoms with Crippen molar-refractivity contribution in [2.24, 2.45) is 0 Å². The first-order valence-corrected chi connectivity index (χ1v) is 21.6.